The molecule has 1 fully saturated rings. The molecule has 2 N–H and O–H groups in total. The third kappa shape index (κ3) is 8.21. The molecule has 1 unspecified atom stereocenters. The maximum Gasteiger partial charge on any atom is 0.352 e. The van der Waals surface area contributed by atoms with Crippen LogP contribution in [0.2, 0.25) is 10.0 Å². The number of carbonyl (C=O) groups is 3. The normalized spacial score (nSPS) is 16.7. The molecule has 65 heavy (non-hydrogen) atoms. The Labute approximate surface area is 393 Å². The summed E-state index contributed by atoms with van der Waals surface area (Å²) in [6.07, 6.45) is 0.100. The van der Waals surface area contributed by atoms with Gasteiger partial charge in [-0.05, 0) is 59.5 Å². The quantitative estimate of drug-likeness (QED) is 0.0699. The van der Waals surface area contributed by atoms with E-state index in [0.717, 1.165) is 36.5 Å². The first-order chi connectivity index (χ1) is 31.2. The maximum atomic E-state index is 14.9. The summed E-state index contributed by atoms with van der Waals surface area (Å²) in [5.41, 5.74) is 4.42. The number of halogens is 2. The van der Waals surface area contributed by atoms with Gasteiger partial charge in [0.15, 0.2) is 0 Å². The van der Waals surface area contributed by atoms with Crippen LogP contribution in [-0.2, 0) is 30.8 Å². The van der Waals surface area contributed by atoms with E-state index in [0.29, 0.717) is 43.5 Å². The summed E-state index contributed by atoms with van der Waals surface area (Å²) in [4.78, 5) is 43.0. The molecule has 5 aromatic rings. The zero-order valence-electron chi connectivity index (χ0n) is 35.1. The molecule has 9 rings (SSSR count). The van der Waals surface area contributed by atoms with E-state index in [-0.39, 0.29) is 40.8 Å². The van der Waals surface area contributed by atoms with Crippen LogP contribution in [0, 0.1) is 0 Å². The predicted octanol–water partition coefficient (Wildman–Crippen LogP) is 8.68. The summed E-state index contributed by atoms with van der Waals surface area (Å²) in [6.45, 7) is -0.307. The summed E-state index contributed by atoms with van der Waals surface area (Å²) in [6, 6.07) is 35.8. The molecule has 3 aliphatic heterocycles. The first kappa shape index (κ1) is 44.3. The van der Waals surface area contributed by atoms with Crippen molar-refractivity contribution in [1.82, 2.24) is 19.1 Å². The van der Waals surface area contributed by atoms with Crippen molar-refractivity contribution in [2.45, 2.75) is 22.7 Å². The highest BCUT2D eigenvalue weighted by Gasteiger charge is 2.54. The smallest absolute Gasteiger partial charge is 0.352 e. The van der Waals surface area contributed by atoms with Crippen molar-refractivity contribution in [1.29, 1.82) is 0 Å². The van der Waals surface area contributed by atoms with Gasteiger partial charge in [-0.2, -0.15) is 8.88 Å². The van der Waals surface area contributed by atoms with E-state index in [1.54, 1.807) is 18.2 Å². The van der Waals surface area contributed by atoms with Gasteiger partial charge in [-0.3, -0.25) is 14.5 Å². The zero-order valence-corrected chi connectivity index (χ0v) is 39.0. The van der Waals surface area contributed by atoms with Gasteiger partial charge >= 0.3 is 5.97 Å². The summed E-state index contributed by atoms with van der Waals surface area (Å²) in [5, 5.41) is 16.9. The number of sulfonamides is 1. The predicted molar refractivity (Wildman–Crippen MR) is 258 cm³/mol. The third-order valence-electron chi connectivity index (χ3n) is 11.6. The number of thiophene rings is 1. The number of carboxylic acids is 1. The highest BCUT2D eigenvalue weighted by molar-refractivity contribution is 8.00. The number of rotatable bonds is 12. The van der Waals surface area contributed by atoms with Crippen molar-refractivity contribution in [3.8, 4) is 22.5 Å². The van der Waals surface area contributed by atoms with Gasteiger partial charge in [0.05, 0.1) is 28.1 Å². The van der Waals surface area contributed by atoms with Crippen LogP contribution in [0.1, 0.15) is 4.88 Å². The minimum Gasteiger partial charge on any atom is -0.477 e. The second kappa shape index (κ2) is 17.8. The Morgan fingerprint density at radius 3 is 2.38 bits per heavy atom. The van der Waals surface area contributed by atoms with Gasteiger partial charge < -0.3 is 19.7 Å². The Hall–Kier alpha value is -5.94. The molecular formula is C48H40Cl2N5O7S3+. The number of hydrogen-bond acceptors (Lipinski definition) is 9. The highest BCUT2D eigenvalue weighted by Crippen LogP contribution is 2.45. The van der Waals surface area contributed by atoms with Crippen LogP contribution < -0.4 is 20.1 Å². The monoisotopic (exact) mass is 964 g/mol. The minimum atomic E-state index is -4.35. The van der Waals surface area contributed by atoms with Crippen molar-refractivity contribution >= 4 is 102 Å². The SMILES string of the molecule is CN(c1ccc2c(-c3ccccc3S(=O)(=O)N(C)CC3=C(C(=O)O)N4C(=O)[C@@H](NC(=O)Cc5cccs5)C4SC3)c3ccc(=[N+](C)c4ccccc4Cl)cc-3oc2c1)c1ccccc1Cl. The lowest BCUT2D eigenvalue weighted by Crippen LogP contribution is -2.70. The van der Waals surface area contributed by atoms with E-state index >= 15 is 0 Å². The number of benzene rings is 5. The van der Waals surface area contributed by atoms with E-state index < -0.39 is 33.3 Å². The number of para-hydroxylation sites is 2. The van der Waals surface area contributed by atoms with E-state index in [1.807, 2.05) is 126 Å². The fourth-order valence-electron chi connectivity index (χ4n) is 8.32. The fraction of sp³-hybridized carbons (Fsp3) is 0.167. The molecule has 2 atom stereocenters. The lowest BCUT2D eigenvalue weighted by Gasteiger charge is -2.49. The number of amides is 2. The molecule has 330 valence electrons. The van der Waals surface area contributed by atoms with Crippen molar-refractivity contribution in [3.63, 3.8) is 0 Å². The average molecular weight is 966 g/mol. The van der Waals surface area contributed by atoms with Crippen molar-refractivity contribution in [2.75, 3.05) is 38.3 Å². The maximum absolute atomic E-state index is 14.9. The fourth-order valence-corrected chi connectivity index (χ4v) is 12.2. The van der Waals surface area contributed by atoms with Gasteiger partial charge in [-0.15, -0.1) is 23.1 Å². The van der Waals surface area contributed by atoms with Crippen LogP contribution in [-0.4, -0.2) is 85.4 Å². The standard InChI is InChI=1S/C48H39Cl2N5O7S3/c1-52(26-28-27-64-47-44(46(57)55(47)45(28)48(58)59)51-42(56)25-31-11-10-22-63-31)65(60,61)41-17-9-4-12-34(41)43-32-20-18-29(53(2)37-15-7-5-13-35(37)49)23-39(32)62-40-24-30(19-21-33(40)43)54(3)38-16-8-6-14-36(38)50/h4-24,44,47H,25-27H2,1-3H3,(H-,51,56,58,59)/p+1/t44-,47?/m1/s1. The van der Waals surface area contributed by atoms with E-state index in [9.17, 15) is 27.9 Å². The molecule has 0 saturated carbocycles. The molecule has 4 aromatic carbocycles. The topological polar surface area (TPSA) is 143 Å². The minimum absolute atomic E-state index is 0.0156. The molecule has 17 heteroatoms. The Morgan fingerprint density at radius 1 is 0.908 bits per heavy atom. The number of carboxylic acid groups (broad SMARTS) is 1. The van der Waals surface area contributed by atoms with Crippen molar-refractivity contribution in [3.05, 3.63) is 158 Å². The Balaban J connectivity index is 1.11. The number of hydrogen-bond donors (Lipinski definition) is 2. The highest BCUT2D eigenvalue weighted by atomic mass is 35.5. The van der Waals surface area contributed by atoms with Gasteiger partial charge in [0, 0.05) is 77.2 Å². The molecule has 4 heterocycles. The van der Waals surface area contributed by atoms with Gasteiger partial charge in [0.1, 0.15) is 40.5 Å². The molecular weight excluding hydrogens is 926 g/mol. The van der Waals surface area contributed by atoms with Crippen molar-refractivity contribution < 1.29 is 32.3 Å². The molecule has 0 bridgehead atoms. The second-order valence-electron chi connectivity index (χ2n) is 15.6. The number of carbonyl (C=O) groups excluding carboxylic acids is 2. The summed E-state index contributed by atoms with van der Waals surface area (Å²) in [5.74, 6) is -1.67. The lowest BCUT2D eigenvalue weighted by atomic mass is 9.93. The van der Waals surface area contributed by atoms with Gasteiger partial charge in [0.25, 0.3) is 5.91 Å². The van der Waals surface area contributed by atoms with Crippen molar-refractivity contribution in [2.24, 2.45) is 0 Å². The number of β-lactam (4-membered cyclic amide) rings is 1. The summed E-state index contributed by atoms with van der Waals surface area (Å²) >= 11 is 15.9. The molecule has 2 amide bonds. The summed E-state index contributed by atoms with van der Waals surface area (Å²) in [7, 11) is 0.847. The van der Waals surface area contributed by atoms with Crippen LogP contribution in [0.15, 0.2) is 147 Å². The van der Waals surface area contributed by atoms with E-state index in [1.165, 1.54) is 36.2 Å². The van der Waals surface area contributed by atoms with Gasteiger partial charge in [-0.25, -0.2) is 13.2 Å². The zero-order chi connectivity index (χ0) is 45.7. The van der Waals surface area contributed by atoms with E-state index in [2.05, 4.69) is 5.32 Å². The number of nitrogens with one attached hydrogen (secondary N) is 1. The molecule has 0 spiro atoms. The molecule has 12 nitrogen and oxygen atoms in total. The van der Waals surface area contributed by atoms with Gasteiger partial charge in [-0.1, -0.05) is 71.7 Å². The molecule has 1 aliphatic carbocycles. The number of likely N-dealkylation sites (N-methyl/N-ethyl adjacent to an activating group) is 1. The first-order valence-corrected chi connectivity index (χ1v) is 24.4. The van der Waals surface area contributed by atoms with Crippen LogP contribution >= 0.6 is 46.3 Å². The molecule has 1 aromatic heterocycles. The summed E-state index contributed by atoms with van der Waals surface area (Å²) < 4.78 is 39.6. The molecule has 0 radical (unpaired) electrons. The van der Waals surface area contributed by atoms with Crippen LogP contribution in [0.3, 0.4) is 0 Å². The Kier molecular flexibility index (Phi) is 12.1. The molecule has 4 aliphatic rings. The third-order valence-corrected chi connectivity index (χ3v) is 16.3. The number of thioether (sulfide) groups is 1. The van der Waals surface area contributed by atoms with E-state index in [4.69, 9.17) is 27.6 Å². The average Bonchev–Trinajstić information content (AvgIpc) is 3.82. The van der Waals surface area contributed by atoms with Crippen LogP contribution in [0.4, 0.5) is 17.1 Å². The largest absolute Gasteiger partial charge is 0.477 e. The first-order valence-electron chi connectivity index (χ1n) is 20.3. The molecule has 1 saturated heterocycles. The number of nitrogens with zero attached hydrogens (tertiary/aromatic N) is 4. The van der Waals surface area contributed by atoms with Crippen LogP contribution in [0.25, 0.3) is 33.4 Å². The second-order valence-corrected chi connectivity index (χ2v) is 20.5. The van der Waals surface area contributed by atoms with Gasteiger partial charge in [0.2, 0.25) is 27.0 Å². The number of anilines is 2. The lowest BCUT2D eigenvalue weighted by molar-refractivity contribution is -0.150. The Bertz CT molecular complexity index is 3250. The Morgan fingerprint density at radius 2 is 1.65 bits per heavy atom. The van der Waals surface area contributed by atoms with Crippen LogP contribution in [0.5, 0.6) is 0 Å². The number of fused-ring (bicyclic) bond motifs is 3. The number of aliphatic carboxylic acids is 1.